The third-order valence-electron chi connectivity index (χ3n) is 3.34. The van der Waals surface area contributed by atoms with Crippen LogP contribution in [0, 0.1) is 0 Å². The molecule has 0 radical (unpaired) electrons. The lowest BCUT2D eigenvalue weighted by Gasteiger charge is -2.23. The van der Waals surface area contributed by atoms with Crippen molar-refractivity contribution in [2.45, 2.75) is 18.9 Å². The molecule has 0 aromatic heterocycles. The van der Waals surface area contributed by atoms with Crippen molar-refractivity contribution in [3.8, 4) is 17.2 Å². The van der Waals surface area contributed by atoms with Gasteiger partial charge in [0, 0.05) is 5.56 Å². The van der Waals surface area contributed by atoms with Gasteiger partial charge in [-0.05, 0) is 31.1 Å². The molecule has 2 rings (SSSR count). The molecular weight excluding hydrogens is 258 g/mol. The zero-order chi connectivity index (χ0) is 14.5. The molecule has 20 heavy (non-hydrogen) atoms. The Morgan fingerprint density at radius 3 is 2.40 bits per heavy atom. The molecule has 0 spiro atoms. The first kappa shape index (κ1) is 14.5. The number of benzene rings is 1. The van der Waals surface area contributed by atoms with E-state index in [0.29, 0.717) is 23.9 Å². The van der Waals surface area contributed by atoms with Crippen LogP contribution in [-0.2, 0) is 4.74 Å². The van der Waals surface area contributed by atoms with Crippen LogP contribution in [0.15, 0.2) is 24.0 Å². The predicted molar refractivity (Wildman–Crippen MR) is 76.3 cm³/mol. The number of hydrogen-bond acceptors (Lipinski definition) is 5. The Morgan fingerprint density at radius 2 is 1.85 bits per heavy atom. The van der Waals surface area contributed by atoms with Gasteiger partial charge in [0.25, 0.3) is 0 Å². The second kappa shape index (κ2) is 6.52. The molecule has 1 aliphatic heterocycles. The van der Waals surface area contributed by atoms with Gasteiger partial charge in [0.2, 0.25) is 5.75 Å². The van der Waals surface area contributed by atoms with Gasteiger partial charge in [-0.2, -0.15) is 0 Å². The van der Waals surface area contributed by atoms with Gasteiger partial charge in [-0.15, -0.1) is 0 Å². The van der Waals surface area contributed by atoms with E-state index in [0.717, 1.165) is 24.2 Å². The molecule has 1 unspecified atom stereocenters. The van der Waals surface area contributed by atoms with Crippen LogP contribution in [0.4, 0.5) is 0 Å². The van der Waals surface area contributed by atoms with E-state index in [4.69, 9.17) is 24.7 Å². The smallest absolute Gasteiger partial charge is 0.203 e. The summed E-state index contributed by atoms with van der Waals surface area (Å²) in [5, 5.41) is 0. The van der Waals surface area contributed by atoms with Crippen LogP contribution in [0.25, 0.3) is 0 Å². The van der Waals surface area contributed by atoms with Gasteiger partial charge in [-0.1, -0.05) is 0 Å². The molecule has 0 fully saturated rings. The maximum absolute atomic E-state index is 6.29. The molecule has 0 aliphatic carbocycles. The highest BCUT2D eigenvalue weighted by Gasteiger charge is 2.24. The van der Waals surface area contributed by atoms with E-state index in [2.05, 4.69) is 0 Å². The van der Waals surface area contributed by atoms with Crippen molar-refractivity contribution >= 4 is 0 Å². The van der Waals surface area contributed by atoms with Crippen LogP contribution in [-0.4, -0.2) is 27.9 Å². The first-order valence-corrected chi connectivity index (χ1v) is 6.60. The van der Waals surface area contributed by atoms with E-state index < -0.39 is 0 Å². The topological polar surface area (TPSA) is 62.9 Å². The molecule has 0 bridgehead atoms. The van der Waals surface area contributed by atoms with E-state index in [9.17, 15) is 0 Å². The van der Waals surface area contributed by atoms with Crippen LogP contribution in [0.2, 0.25) is 0 Å². The zero-order valence-electron chi connectivity index (χ0n) is 12.1. The predicted octanol–water partition coefficient (Wildman–Crippen LogP) is 2.41. The third kappa shape index (κ3) is 2.67. The third-order valence-corrected chi connectivity index (χ3v) is 3.34. The van der Waals surface area contributed by atoms with Gasteiger partial charge in [0.15, 0.2) is 11.5 Å². The number of methoxy groups -OCH3 is 3. The number of ether oxygens (including phenoxy) is 4. The molecule has 5 nitrogen and oxygen atoms in total. The van der Waals surface area contributed by atoms with E-state index in [1.54, 1.807) is 21.3 Å². The van der Waals surface area contributed by atoms with Gasteiger partial charge in [-0.3, -0.25) is 0 Å². The van der Waals surface area contributed by atoms with Crippen molar-refractivity contribution in [2.75, 3.05) is 27.9 Å². The van der Waals surface area contributed by atoms with Crippen LogP contribution >= 0.6 is 0 Å². The summed E-state index contributed by atoms with van der Waals surface area (Å²) in [6, 6.07) is 3.33. The highest BCUT2D eigenvalue weighted by molar-refractivity contribution is 5.57. The molecule has 2 N–H and O–H groups in total. The molecule has 5 heteroatoms. The van der Waals surface area contributed by atoms with E-state index in [1.807, 2.05) is 18.2 Å². The molecular formula is C15H21NO4. The van der Waals surface area contributed by atoms with Crippen LogP contribution in [0.5, 0.6) is 17.2 Å². The summed E-state index contributed by atoms with van der Waals surface area (Å²) in [7, 11) is 4.75. The molecule has 1 atom stereocenters. The number of rotatable bonds is 5. The second-order valence-electron chi connectivity index (χ2n) is 4.50. The van der Waals surface area contributed by atoms with Gasteiger partial charge < -0.3 is 24.7 Å². The normalized spacial score (nSPS) is 15.9. The Labute approximate surface area is 119 Å². The average Bonchev–Trinajstić information content (AvgIpc) is 2.53. The minimum atomic E-state index is -0.370. The zero-order valence-corrected chi connectivity index (χ0v) is 12.1. The fourth-order valence-electron chi connectivity index (χ4n) is 2.32. The fraction of sp³-hybridized carbons (Fsp3) is 0.467. The minimum absolute atomic E-state index is 0.370. The van der Waals surface area contributed by atoms with Crippen molar-refractivity contribution in [1.29, 1.82) is 0 Å². The Balaban J connectivity index is 2.42. The largest absolute Gasteiger partial charge is 0.496 e. The monoisotopic (exact) mass is 279 g/mol. The summed E-state index contributed by atoms with van der Waals surface area (Å²) in [6.45, 7) is 0.704. The Hall–Kier alpha value is -1.88. The molecule has 0 saturated heterocycles. The maximum Gasteiger partial charge on any atom is 0.203 e. The summed E-state index contributed by atoms with van der Waals surface area (Å²) in [5.41, 5.74) is 7.11. The second-order valence-corrected chi connectivity index (χ2v) is 4.50. The number of allylic oxidation sites excluding steroid dienone is 1. The summed E-state index contributed by atoms with van der Waals surface area (Å²) < 4.78 is 21.7. The van der Waals surface area contributed by atoms with Crippen molar-refractivity contribution in [2.24, 2.45) is 5.73 Å². The molecule has 0 saturated carbocycles. The SMILES string of the molecule is COc1ccc(C(N)C2=CCCCO2)c(OC)c1OC. The van der Waals surface area contributed by atoms with Gasteiger partial charge in [-0.25, -0.2) is 0 Å². The van der Waals surface area contributed by atoms with Crippen LogP contribution in [0.3, 0.4) is 0 Å². The molecule has 1 heterocycles. The average molecular weight is 279 g/mol. The first-order valence-electron chi connectivity index (χ1n) is 6.60. The summed E-state index contributed by atoms with van der Waals surface area (Å²) in [5.74, 6) is 2.51. The van der Waals surface area contributed by atoms with Crippen molar-refractivity contribution in [3.05, 3.63) is 29.5 Å². The highest BCUT2D eigenvalue weighted by atomic mass is 16.5. The van der Waals surface area contributed by atoms with Crippen LogP contribution < -0.4 is 19.9 Å². The lowest BCUT2D eigenvalue weighted by molar-refractivity contribution is 0.175. The molecule has 110 valence electrons. The molecule has 1 aromatic rings. The quantitative estimate of drug-likeness (QED) is 0.896. The Bertz CT molecular complexity index is 499. The lowest BCUT2D eigenvalue weighted by Crippen LogP contribution is -2.19. The fourth-order valence-corrected chi connectivity index (χ4v) is 2.32. The number of hydrogen-bond donors (Lipinski definition) is 1. The first-order chi connectivity index (χ1) is 9.72. The summed E-state index contributed by atoms with van der Waals surface area (Å²) in [4.78, 5) is 0. The molecule has 0 amide bonds. The Kier molecular flexibility index (Phi) is 4.74. The van der Waals surface area contributed by atoms with Gasteiger partial charge >= 0.3 is 0 Å². The molecule has 1 aliphatic rings. The van der Waals surface area contributed by atoms with Crippen LogP contribution in [0.1, 0.15) is 24.4 Å². The summed E-state index contributed by atoms with van der Waals surface area (Å²) in [6.07, 6.45) is 4.04. The highest BCUT2D eigenvalue weighted by Crippen LogP contribution is 2.43. The molecule has 1 aromatic carbocycles. The standard InChI is InChI=1S/C15H21NO4/c1-17-12-8-7-10(14(18-2)15(12)19-3)13(16)11-6-4-5-9-20-11/h6-8,13H,4-5,9,16H2,1-3H3. The lowest BCUT2D eigenvalue weighted by atomic mass is 10.0. The van der Waals surface area contributed by atoms with Crippen molar-refractivity contribution in [1.82, 2.24) is 0 Å². The van der Waals surface area contributed by atoms with Crippen molar-refractivity contribution < 1.29 is 18.9 Å². The maximum atomic E-state index is 6.29. The van der Waals surface area contributed by atoms with E-state index in [-0.39, 0.29) is 6.04 Å². The summed E-state index contributed by atoms with van der Waals surface area (Å²) >= 11 is 0. The number of nitrogens with two attached hydrogens (primary N) is 1. The van der Waals surface area contributed by atoms with Gasteiger partial charge in [0.05, 0.1) is 34.0 Å². The van der Waals surface area contributed by atoms with Gasteiger partial charge in [0.1, 0.15) is 5.76 Å². The van der Waals surface area contributed by atoms with E-state index in [1.165, 1.54) is 0 Å². The minimum Gasteiger partial charge on any atom is -0.496 e. The van der Waals surface area contributed by atoms with Crippen molar-refractivity contribution in [3.63, 3.8) is 0 Å². The Morgan fingerprint density at radius 1 is 1.10 bits per heavy atom. The van der Waals surface area contributed by atoms with E-state index >= 15 is 0 Å².